The quantitative estimate of drug-likeness (QED) is 0.924. The van der Waals surface area contributed by atoms with Gasteiger partial charge in [-0.3, -0.25) is 4.90 Å². The normalized spacial score (nSPS) is 26.2. The minimum absolute atomic E-state index is 0.653. The van der Waals surface area contributed by atoms with Gasteiger partial charge in [-0.05, 0) is 37.4 Å². The zero-order valence-electron chi connectivity index (χ0n) is 9.70. The minimum Gasteiger partial charge on any atom is -0.330 e. The van der Waals surface area contributed by atoms with Gasteiger partial charge < -0.3 is 5.73 Å². The number of benzene rings is 1. The van der Waals surface area contributed by atoms with Gasteiger partial charge in [-0.25, -0.2) is 0 Å². The lowest BCUT2D eigenvalue weighted by molar-refractivity contribution is 0.255. The predicted octanol–water partition coefficient (Wildman–Crippen LogP) is 2.62. The van der Waals surface area contributed by atoms with Crippen LogP contribution in [0.5, 0.6) is 0 Å². The Bertz CT molecular complexity index is 354. The number of nitrogens with zero attached hydrogens (tertiary/aromatic N) is 1. The molecule has 0 spiro atoms. The van der Waals surface area contributed by atoms with Crippen molar-refractivity contribution in [1.82, 2.24) is 4.90 Å². The summed E-state index contributed by atoms with van der Waals surface area (Å²) in [5, 5.41) is 0. The van der Waals surface area contributed by atoms with Crippen molar-refractivity contribution < 1.29 is 0 Å². The fourth-order valence-electron chi connectivity index (χ4n) is 2.45. The average molecular weight is 283 g/mol. The minimum atomic E-state index is 0.653. The van der Waals surface area contributed by atoms with Crippen LogP contribution in [-0.4, -0.2) is 24.0 Å². The molecule has 0 amide bonds. The predicted molar refractivity (Wildman–Crippen MR) is 71.2 cm³/mol. The molecule has 0 bridgehead atoms. The Morgan fingerprint density at radius 3 is 2.81 bits per heavy atom. The molecule has 2 rings (SSSR count). The second kappa shape index (κ2) is 5.30. The lowest BCUT2D eigenvalue weighted by Crippen LogP contribution is -2.27. The van der Waals surface area contributed by atoms with Crippen LogP contribution in [0.2, 0.25) is 0 Å². The second-order valence-corrected chi connectivity index (χ2v) is 5.56. The Kier molecular flexibility index (Phi) is 4.00. The van der Waals surface area contributed by atoms with Gasteiger partial charge in [-0.1, -0.05) is 34.1 Å². The van der Waals surface area contributed by atoms with Gasteiger partial charge in [0.1, 0.15) is 0 Å². The summed E-state index contributed by atoms with van der Waals surface area (Å²) >= 11 is 3.60. The lowest BCUT2D eigenvalue weighted by Gasteiger charge is -2.21. The van der Waals surface area contributed by atoms with Crippen molar-refractivity contribution in [2.45, 2.75) is 25.9 Å². The van der Waals surface area contributed by atoms with E-state index in [1.807, 2.05) is 0 Å². The molecule has 1 aromatic rings. The molecule has 2 N–H and O–H groups in total. The van der Waals surface area contributed by atoms with Crippen LogP contribution in [0, 0.1) is 5.92 Å². The van der Waals surface area contributed by atoms with Gasteiger partial charge in [-0.15, -0.1) is 0 Å². The van der Waals surface area contributed by atoms with Crippen LogP contribution in [0.3, 0.4) is 0 Å². The third-order valence-corrected chi connectivity index (χ3v) is 4.23. The van der Waals surface area contributed by atoms with E-state index in [9.17, 15) is 0 Å². The van der Waals surface area contributed by atoms with E-state index in [-0.39, 0.29) is 0 Å². The standard InChI is InChI=1S/C13H19BrN2/c1-10-6-11(7-15)8-16(10)9-12-4-2-3-5-13(12)14/h2-5,10-11H,6-9,15H2,1H3. The molecule has 0 saturated carbocycles. The summed E-state index contributed by atoms with van der Waals surface area (Å²) < 4.78 is 1.21. The second-order valence-electron chi connectivity index (χ2n) is 4.71. The molecule has 88 valence electrons. The zero-order chi connectivity index (χ0) is 11.5. The highest BCUT2D eigenvalue weighted by Crippen LogP contribution is 2.26. The summed E-state index contributed by atoms with van der Waals surface area (Å²) in [4.78, 5) is 2.53. The van der Waals surface area contributed by atoms with E-state index in [1.54, 1.807) is 0 Å². The third-order valence-electron chi connectivity index (χ3n) is 3.46. The fourth-order valence-corrected chi connectivity index (χ4v) is 2.86. The van der Waals surface area contributed by atoms with Gasteiger partial charge in [0.25, 0.3) is 0 Å². The Morgan fingerprint density at radius 1 is 1.44 bits per heavy atom. The topological polar surface area (TPSA) is 29.3 Å². The molecule has 1 heterocycles. The van der Waals surface area contributed by atoms with E-state index in [4.69, 9.17) is 5.73 Å². The number of likely N-dealkylation sites (tertiary alicyclic amines) is 1. The third kappa shape index (κ3) is 2.65. The molecule has 0 aliphatic carbocycles. The van der Waals surface area contributed by atoms with Crippen molar-refractivity contribution >= 4 is 15.9 Å². The van der Waals surface area contributed by atoms with Crippen LogP contribution in [0.1, 0.15) is 18.9 Å². The summed E-state index contributed by atoms with van der Waals surface area (Å²) in [6.45, 7) is 5.28. The molecular weight excluding hydrogens is 264 g/mol. The molecule has 0 radical (unpaired) electrons. The summed E-state index contributed by atoms with van der Waals surface area (Å²) in [6.07, 6.45) is 1.24. The molecule has 16 heavy (non-hydrogen) atoms. The van der Waals surface area contributed by atoms with Crippen LogP contribution >= 0.6 is 15.9 Å². The van der Waals surface area contributed by atoms with E-state index in [0.717, 1.165) is 19.6 Å². The van der Waals surface area contributed by atoms with E-state index in [0.29, 0.717) is 12.0 Å². The maximum atomic E-state index is 5.75. The first-order chi connectivity index (χ1) is 7.70. The first-order valence-electron chi connectivity index (χ1n) is 5.88. The Hall–Kier alpha value is -0.380. The highest BCUT2D eigenvalue weighted by Gasteiger charge is 2.27. The largest absolute Gasteiger partial charge is 0.330 e. The summed E-state index contributed by atoms with van der Waals surface area (Å²) in [5.74, 6) is 0.678. The van der Waals surface area contributed by atoms with Crippen LogP contribution in [0.25, 0.3) is 0 Å². The number of nitrogens with two attached hydrogens (primary N) is 1. The van der Waals surface area contributed by atoms with E-state index in [1.165, 1.54) is 16.5 Å². The van der Waals surface area contributed by atoms with E-state index >= 15 is 0 Å². The summed E-state index contributed by atoms with van der Waals surface area (Å²) in [6, 6.07) is 9.11. The summed E-state index contributed by atoms with van der Waals surface area (Å²) in [5.41, 5.74) is 7.11. The van der Waals surface area contributed by atoms with Crippen LogP contribution in [0.4, 0.5) is 0 Å². The van der Waals surface area contributed by atoms with E-state index < -0.39 is 0 Å². The smallest absolute Gasteiger partial charge is 0.0247 e. The molecule has 1 aliphatic rings. The van der Waals surface area contributed by atoms with Gasteiger partial charge in [0.2, 0.25) is 0 Å². The van der Waals surface area contributed by atoms with Crippen molar-refractivity contribution in [3.05, 3.63) is 34.3 Å². The molecule has 2 unspecified atom stereocenters. The molecule has 3 heteroatoms. The van der Waals surface area contributed by atoms with Crippen molar-refractivity contribution in [2.24, 2.45) is 11.7 Å². The molecule has 0 aromatic heterocycles. The van der Waals surface area contributed by atoms with Crippen LogP contribution < -0.4 is 5.73 Å². The fraction of sp³-hybridized carbons (Fsp3) is 0.538. The average Bonchev–Trinajstić information content (AvgIpc) is 2.63. The van der Waals surface area contributed by atoms with Crippen molar-refractivity contribution in [2.75, 3.05) is 13.1 Å². The first-order valence-corrected chi connectivity index (χ1v) is 6.67. The number of rotatable bonds is 3. The molecule has 1 aromatic carbocycles. The van der Waals surface area contributed by atoms with Gasteiger partial charge >= 0.3 is 0 Å². The maximum Gasteiger partial charge on any atom is 0.0247 e. The molecule has 1 aliphatic heterocycles. The SMILES string of the molecule is CC1CC(CN)CN1Cc1ccccc1Br. The number of halogens is 1. The highest BCUT2D eigenvalue weighted by molar-refractivity contribution is 9.10. The Labute approximate surface area is 106 Å². The molecule has 2 atom stereocenters. The summed E-state index contributed by atoms with van der Waals surface area (Å²) in [7, 11) is 0. The zero-order valence-corrected chi connectivity index (χ0v) is 11.3. The Balaban J connectivity index is 2.03. The first kappa shape index (κ1) is 12.1. The van der Waals surface area contributed by atoms with Crippen molar-refractivity contribution in [3.8, 4) is 0 Å². The molecular formula is C13H19BrN2. The van der Waals surface area contributed by atoms with E-state index in [2.05, 4.69) is 52.0 Å². The maximum absolute atomic E-state index is 5.75. The molecule has 1 saturated heterocycles. The molecule has 2 nitrogen and oxygen atoms in total. The van der Waals surface area contributed by atoms with Crippen LogP contribution in [-0.2, 0) is 6.54 Å². The lowest BCUT2D eigenvalue weighted by atomic mass is 10.1. The van der Waals surface area contributed by atoms with Gasteiger partial charge in [0, 0.05) is 23.6 Å². The molecule has 1 fully saturated rings. The number of hydrogen-bond donors (Lipinski definition) is 1. The highest BCUT2D eigenvalue weighted by atomic mass is 79.9. The Morgan fingerprint density at radius 2 is 2.19 bits per heavy atom. The van der Waals surface area contributed by atoms with Gasteiger partial charge in [0.15, 0.2) is 0 Å². The van der Waals surface area contributed by atoms with Crippen LogP contribution in [0.15, 0.2) is 28.7 Å². The monoisotopic (exact) mass is 282 g/mol. The number of hydrogen-bond acceptors (Lipinski definition) is 2. The van der Waals surface area contributed by atoms with Crippen molar-refractivity contribution in [3.63, 3.8) is 0 Å². The van der Waals surface area contributed by atoms with Gasteiger partial charge in [0.05, 0.1) is 0 Å². The van der Waals surface area contributed by atoms with Crippen molar-refractivity contribution in [1.29, 1.82) is 0 Å². The van der Waals surface area contributed by atoms with Gasteiger partial charge in [-0.2, -0.15) is 0 Å².